The van der Waals surface area contributed by atoms with Gasteiger partial charge in [-0.1, -0.05) is 32.4 Å². The molecule has 3 atom stereocenters. The second-order valence-electron chi connectivity index (χ2n) is 6.59. The number of nitrogens with zero attached hydrogens (tertiary/aromatic N) is 1. The minimum atomic E-state index is -0.466. The molecule has 1 fully saturated rings. The van der Waals surface area contributed by atoms with Crippen LogP contribution in [0.1, 0.15) is 31.9 Å². The van der Waals surface area contributed by atoms with E-state index in [-0.39, 0.29) is 17.9 Å². The van der Waals surface area contributed by atoms with Gasteiger partial charge in [-0.15, -0.1) is 0 Å². The van der Waals surface area contributed by atoms with Crippen molar-refractivity contribution in [3.8, 4) is 5.75 Å². The van der Waals surface area contributed by atoms with Crippen molar-refractivity contribution >= 4 is 5.91 Å². The molecule has 3 N–H and O–H groups in total. The van der Waals surface area contributed by atoms with E-state index in [1.807, 2.05) is 26.0 Å². The van der Waals surface area contributed by atoms with Crippen molar-refractivity contribution in [3.05, 3.63) is 29.8 Å². The van der Waals surface area contributed by atoms with Crippen LogP contribution in [0.2, 0.25) is 0 Å². The number of hydrogen-bond donors (Lipinski definition) is 2. The largest absolute Gasteiger partial charge is 0.497 e. The lowest BCUT2D eigenvalue weighted by Gasteiger charge is -2.35. The van der Waals surface area contributed by atoms with Gasteiger partial charge in [0.05, 0.1) is 32.4 Å². The Labute approximate surface area is 150 Å². The molecule has 0 bridgehead atoms. The number of carbonyl (C=O) groups is 1. The number of carbonyl (C=O) groups excluding carboxylic acids is 1. The SMILES string of the molecule is CCC(C)C(N)C(=O)NCC(c1ccc(OC)cc1)N1CCOCC1. The van der Waals surface area contributed by atoms with Crippen molar-refractivity contribution in [2.24, 2.45) is 11.7 Å². The van der Waals surface area contributed by atoms with Crippen LogP contribution in [0.25, 0.3) is 0 Å². The summed E-state index contributed by atoms with van der Waals surface area (Å²) in [6.45, 7) is 7.72. The molecule has 0 aliphatic carbocycles. The fraction of sp³-hybridized carbons (Fsp3) is 0.632. The summed E-state index contributed by atoms with van der Waals surface area (Å²) in [6, 6.07) is 7.65. The maximum atomic E-state index is 12.4. The van der Waals surface area contributed by atoms with E-state index in [1.54, 1.807) is 7.11 Å². The molecule has 0 aromatic heterocycles. The molecule has 1 aromatic carbocycles. The molecule has 140 valence electrons. The summed E-state index contributed by atoms with van der Waals surface area (Å²) >= 11 is 0. The van der Waals surface area contributed by atoms with Crippen LogP contribution in [0, 0.1) is 5.92 Å². The maximum absolute atomic E-state index is 12.4. The highest BCUT2D eigenvalue weighted by atomic mass is 16.5. The zero-order valence-electron chi connectivity index (χ0n) is 15.5. The quantitative estimate of drug-likeness (QED) is 0.745. The number of nitrogens with one attached hydrogen (secondary N) is 1. The van der Waals surface area contributed by atoms with E-state index in [4.69, 9.17) is 15.2 Å². The first kappa shape index (κ1) is 19.7. The standard InChI is InChI=1S/C19H31N3O3/c1-4-14(2)18(20)19(23)21-13-17(22-9-11-25-12-10-22)15-5-7-16(24-3)8-6-15/h5-8,14,17-18H,4,9-13,20H2,1-3H3,(H,21,23). The molecular weight excluding hydrogens is 318 g/mol. The van der Waals surface area contributed by atoms with Gasteiger partial charge in [0.25, 0.3) is 0 Å². The Morgan fingerprint density at radius 1 is 1.32 bits per heavy atom. The molecule has 0 radical (unpaired) electrons. The fourth-order valence-corrected chi connectivity index (χ4v) is 3.00. The molecule has 1 aliphatic rings. The predicted octanol–water partition coefficient (Wildman–Crippen LogP) is 1.56. The van der Waals surface area contributed by atoms with Crippen LogP contribution in [0.3, 0.4) is 0 Å². The van der Waals surface area contributed by atoms with Crippen LogP contribution in [0.15, 0.2) is 24.3 Å². The zero-order chi connectivity index (χ0) is 18.2. The number of rotatable bonds is 8. The normalized spacial score (nSPS) is 19.0. The Hall–Kier alpha value is -1.63. The number of hydrogen-bond acceptors (Lipinski definition) is 5. The van der Waals surface area contributed by atoms with Gasteiger partial charge in [0.1, 0.15) is 5.75 Å². The number of nitrogens with two attached hydrogens (primary N) is 1. The summed E-state index contributed by atoms with van der Waals surface area (Å²) in [4.78, 5) is 14.7. The molecule has 1 amide bonds. The van der Waals surface area contributed by atoms with Crippen molar-refractivity contribution in [1.82, 2.24) is 10.2 Å². The van der Waals surface area contributed by atoms with Gasteiger partial charge in [0.2, 0.25) is 5.91 Å². The van der Waals surface area contributed by atoms with Crippen molar-refractivity contribution in [3.63, 3.8) is 0 Å². The van der Waals surface area contributed by atoms with Gasteiger partial charge in [-0.05, 0) is 23.6 Å². The molecule has 0 saturated carbocycles. The minimum Gasteiger partial charge on any atom is -0.497 e. The second kappa shape index (κ2) is 9.75. The van der Waals surface area contributed by atoms with Crippen LogP contribution in [-0.4, -0.2) is 56.8 Å². The lowest BCUT2D eigenvalue weighted by Crippen LogP contribution is -2.48. The third kappa shape index (κ3) is 5.42. The van der Waals surface area contributed by atoms with E-state index in [9.17, 15) is 4.79 Å². The van der Waals surface area contributed by atoms with Gasteiger partial charge in [-0.3, -0.25) is 9.69 Å². The van der Waals surface area contributed by atoms with Gasteiger partial charge in [0, 0.05) is 19.6 Å². The number of benzene rings is 1. The lowest BCUT2D eigenvalue weighted by atomic mass is 9.99. The van der Waals surface area contributed by atoms with Crippen LogP contribution in [0.5, 0.6) is 5.75 Å². The molecule has 1 aromatic rings. The molecule has 1 saturated heterocycles. The first-order valence-electron chi connectivity index (χ1n) is 9.05. The summed E-state index contributed by atoms with van der Waals surface area (Å²) in [6.07, 6.45) is 0.889. The Morgan fingerprint density at radius 2 is 1.96 bits per heavy atom. The third-order valence-electron chi connectivity index (χ3n) is 5.02. The summed E-state index contributed by atoms with van der Waals surface area (Å²) in [5.41, 5.74) is 7.20. The number of morpholine rings is 1. The Kier molecular flexibility index (Phi) is 7.68. The minimum absolute atomic E-state index is 0.0823. The highest BCUT2D eigenvalue weighted by Gasteiger charge is 2.25. The first-order chi connectivity index (χ1) is 12.1. The molecule has 6 nitrogen and oxygen atoms in total. The van der Waals surface area contributed by atoms with Crippen LogP contribution >= 0.6 is 0 Å². The van der Waals surface area contributed by atoms with Crippen molar-refractivity contribution < 1.29 is 14.3 Å². The van der Waals surface area contributed by atoms with Gasteiger partial charge in [-0.25, -0.2) is 0 Å². The van der Waals surface area contributed by atoms with Gasteiger partial charge >= 0.3 is 0 Å². The molecule has 1 aliphatic heterocycles. The summed E-state index contributed by atoms with van der Waals surface area (Å²) in [5.74, 6) is 0.913. The van der Waals surface area contributed by atoms with E-state index in [0.717, 1.165) is 30.8 Å². The van der Waals surface area contributed by atoms with E-state index >= 15 is 0 Å². The van der Waals surface area contributed by atoms with E-state index < -0.39 is 6.04 Å². The van der Waals surface area contributed by atoms with E-state index in [0.29, 0.717) is 19.8 Å². The smallest absolute Gasteiger partial charge is 0.237 e. The molecule has 0 spiro atoms. The van der Waals surface area contributed by atoms with E-state index in [1.165, 1.54) is 0 Å². The molecule has 1 heterocycles. The van der Waals surface area contributed by atoms with Crippen LogP contribution < -0.4 is 15.8 Å². The highest BCUT2D eigenvalue weighted by molar-refractivity contribution is 5.81. The second-order valence-corrected chi connectivity index (χ2v) is 6.59. The molecular formula is C19H31N3O3. The first-order valence-corrected chi connectivity index (χ1v) is 9.05. The lowest BCUT2D eigenvalue weighted by molar-refractivity contribution is -0.123. The van der Waals surface area contributed by atoms with Crippen LogP contribution in [0.4, 0.5) is 0 Å². The topological polar surface area (TPSA) is 76.8 Å². The Balaban J connectivity index is 2.07. The number of methoxy groups -OCH3 is 1. The van der Waals surface area contributed by atoms with Gasteiger partial charge < -0.3 is 20.5 Å². The molecule has 2 rings (SSSR count). The monoisotopic (exact) mass is 349 g/mol. The summed E-state index contributed by atoms with van der Waals surface area (Å²) in [7, 11) is 1.66. The fourth-order valence-electron chi connectivity index (χ4n) is 3.00. The predicted molar refractivity (Wildman–Crippen MR) is 98.6 cm³/mol. The van der Waals surface area contributed by atoms with Gasteiger partial charge in [-0.2, -0.15) is 0 Å². The van der Waals surface area contributed by atoms with Crippen molar-refractivity contribution in [2.75, 3.05) is 40.0 Å². The Bertz CT molecular complexity index is 529. The molecule has 3 unspecified atom stereocenters. The molecule has 6 heteroatoms. The third-order valence-corrected chi connectivity index (χ3v) is 5.02. The maximum Gasteiger partial charge on any atom is 0.237 e. The summed E-state index contributed by atoms with van der Waals surface area (Å²) < 4.78 is 10.7. The van der Waals surface area contributed by atoms with E-state index in [2.05, 4.69) is 22.3 Å². The Morgan fingerprint density at radius 3 is 2.52 bits per heavy atom. The number of amides is 1. The molecule has 25 heavy (non-hydrogen) atoms. The van der Waals surface area contributed by atoms with Crippen molar-refractivity contribution in [1.29, 1.82) is 0 Å². The van der Waals surface area contributed by atoms with Crippen molar-refractivity contribution in [2.45, 2.75) is 32.4 Å². The van der Waals surface area contributed by atoms with Gasteiger partial charge in [0.15, 0.2) is 0 Å². The van der Waals surface area contributed by atoms with Crippen LogP contribution in [-0.2, 0) is 9.53 Å². The summed E-state index contributed by atoms with van der Waals surface area (Å²) in [5, 5.41) is 3.04. The number of ether oxygens (including phenoxy) is 2. The average molecular weight is 349 g/mol. The highest BCUT2D eigenvalue weighted by Crippen LogP contribution is 2.23. The average Bonchev–Trinajstić information content (AvgIpc) is 2.68. The zero-order valence-corrected chi connectivity index (χ0v) is 15.5.